The van der Waals surface area contributed by atoms with Gasteiger partial charge in [-0.2, -0.15) is 5.26 Å². The van der Waals surface area contributed by atoms with Crippen molar-refractivity contribution in [3.05, 3.63) is 38.6 Å². The van der Waals surface area contributed by atoms with Crippen LogP contribution in [0.15, 0.2) is 28.7 Å². The zero-order valence-electron chi connectivity index (χ0n) is 12.6. The molecule has 1 amide bonds. The van der Waals surface area contributed by atoms with Gasteiger partial charge in [-0.25, -0.2) is 4.79 Å². The lowest BCUT2D eigenvalue weighted by Gasteiger charge is -2.08. The van der Waals surface area contributed by atoms with Crippen LogP contribution in [-0.2, 0) is 9.53 Å². The van der Waals surface area contributed by atoms with Gasteiger partial charge in [0.2, 0.25) is 5.91 Å². The molecule has 124 valence electrons. The van der Waals surface area contributed by atoms with E-state index in [1.165, 1.54) is 0 Å². The number of ether oxygens (including phenoxy) is 1. The molecule has 8 heteroatoms. The number of nitrogens with one attached hydrogen (secondary N) is 1. The molecule has 0 atom stereocenters. The second kappa shape index (κ2) is 8.29. The summed E-state index contributed by atoms with van der Waals surface area (Å²) in [6.07, 6.45) is -0.314. The standard InChI is InChI=1S/C16H12BrClN2O3S/c1-2-23-16(22)13-12(9-3-5-10(17)6-4-9)14(18)24-15(13)20-11(21)7-8-19/h3-6H,2,7H2,1H3,(H,20,21). The van der Waals surface area contributed by atoms with E-state index in [-0.39, 0.29) is 23.6 Å². The van der Waals surface area contributed by atoms with Gasteiger partial charge in [0.1, 0.15) is 21.3 Å². The Morgan fingerprint density at radius 2 is 2.04 bits per heavy atom. The van der Waals surface area contributed by atoms with Crippen molar-refractivity contribution in [2.75, 3.05) is 11.9 Å². The van der Waals surface area contributed by atoms with Crippen molar-refractivity contribution in [1.82, 2.24) is 0 Å². The molecule has 1 N–H and O–H groups in total. The summed E-state index contributed by atoms with van der Waals surface area (Å²) in [7, 11) is 0. The number of hydrogen-bond acceptors (Lipinski definition) is 5. The fraction of sp³-hybridized carbons (Fsp3) is 0.188. The van der Waals surface area contributed by atoms with Gasteiger partial charge in [0.05, 0.1) is 12.7 Å². The van der Waals surface area contributed by atoms with E-state index in [0.717, 1.165) is 21.4 Å². The first-order valence-electron chi connectivity index (χ1n) is 6.90. The summed E-state index contributed by atoms with van der Waals surface area (Å²) in [6, 6.07) is 9.02. The molecule has 0 saturated heterocycles. The van der Waals surface area contributed by atoms with Gasteiger partial charge in [0.25, 0.3) is 0 Å². The van der Waals surface area contributed by atoms with E-state index in [0.29, 0.717) is 9.90 Å². The van der Waals surface area contributed by atoms with Crippen LogP contribution in [-0.4, -0.2) is 18.5 Å². The number of nitrogens with zero attached hydrogens (tertiary/aromatic N) is 1. The summed E-state index contributed by atoms with van der Waals surface area (Å²) in [5.74, 6) is -1.09. The van der Waals surface area contributed by atoms with E-state index in [9.17, 15) is 9.59 Å². The van der Waals surface area contributed by atoms with Gasteiger partial charge >= 0.3 is 5.97 Å². The lowest BCUT2D eigenvalue weighted by atomic mass is 10.0. The molecule has 5 nitrogen and oxygen atoms in total. The normalized spacial score (nSPS) is 10.1. The Labute approximate surface area is 156 Å². The average molecular weight is 428 g/mol. The number of esters is 1. The van der Waals surface area contributed by atoms with Crippen LogP contribution in [0.1, 0.15) is 23.7 Å². The van der Waals surface area contributed by atoms with Crippen LogP contribution in [0, 0.1) is 11.3 Å². The van der Waals surface area contributed by atoms with E-state index in [1.807, 2.05) is 24.3 Å². The number of benzene rings is 1. The fourth-order valence-electron chi connectivity index (χ4n) is 2.01. The minimum Gasteiger partial charge on any atom is -0.462 e. The van der Waals surface area contributed by atoms with E-state index < -0.39 is 11.9 Å². The zero-order valence-corrected chi connectivity index (χ0v) is 15.7. The van der Waals surface area contributed by atoms with Gasteiger partial charge in [0.15, 0.2) is 0 Å². The quantitative estimate of drug-likeness (QED) is 0.691. The molecule has 0 radical (unpaired) electrons. The van der Waals surface area contributed by atoms with Crippen molar-refractivity contribution in [3.8, 4) is 17.2 Å². The van der Waals surface area contributed by atoms with Crippen LogP contribution in [0.25, 0.3) is 11.1 Å². The van der Waals surface area contributed by atoms with Gasteiger partial charge in [0, 0.05) is 10.0 Å². The van der Waals surface area contributed by atoms with E-state index >= 15 is 0 Å². The first-order chi connectivity index (χ1) is 11.5. The molecule has 0 unspecified atom stereocenters. The third-order valence-corrected chi connectivity index (χ3v) is 4.81. The molecule has 0 fully saturated rings. The molecular weight excluding hydrogens is 416 g/mol. The Balaban J connectivity index is 2.55. The highest BCUT2D eigenvalue weighted by molar-refractivity contribution is 9.10. The number of carbonyl (C=O) groups excluding carboxylic acids is 2. The maximum absolute atomic E-state index is 12.4. The van der Waals surface area contributed by atoms with Crippen LogP contribution in [0.5, 0.6) is 0 Å². The van der Waals surface area contributed by atoms with E-state index in [1.54, 1.807) is 13.0 Å². The lowest BCUT2D eigenvalue weighted by Crippen LogP contribution is -2.13. The molecule has 1 heterocycles. The summed E-state index contributed by atoms with van der Waals surface area (Å²) < 4.78 is 6.33. The smallest absolute Gasteiger partial charge is 0.341 e. The minimum atomic E-state index is -0.578. The lowest BCUT2D eigenvalue weighted by molar-refractivity contribution is -0.115. The third-order valence-electron chi connectivity index (χ3n) is 2.97. The average Bonchev–Trinajstić information content (AvgIpc) is 2.84. The molecule has 2 rings (SSSR count). The molecule has 1 aromatic heterocycles. The summed E-state index contributed by atoms with van der Waals surface area (Å²) in [5, 5.41) is 11.4. The summed E-state index contributed by atoms with van der Waals surface area (Å²) in [4.78, 5) is 24.1. The summed E-state index contributed by atoms with van der Waals surface area (Å²) in [6.45, 7) is 1.89. The third kappa shape index (κ3) is 4.15. The molecule has 24 heavy (non-hydrogen) atoms. The Kier molecular flexibility index (Phi) is 6.37. The van der Waals surface area contributed by atoms with Gasteiger partial charge in [-0.05, 0) is 24.6 Å². The van der Waals surface area contributed by atoms with Crippen molar-refractivity contribution in [2.24, 2.45) is 0 Å². The fourth-order valence-corrected chi connectivity index (χ4v) is 3.66. The van der Waals surface area contributed by atoms with Crippen LogP contribution in [0.3, 0.4) is 0 Å². The van der Waals surface area contributed by atoms with Gasteiger partial charge < -0.3 is 10.1 Å². The second-order valence-electron chi connectivity index (χ2n) is 4.57. The van der Waals surface area contributed by atoms with Crippen molar-refractivity contribution < 1.29 is 14.3 Å². The Hall–Kier alpha value is -1.88. The highest BCUT2D eigenvalue weighted by Crippen LogP contribution is 2.44. The molecule has 2 aromatic rings. The van der Waals surface area contributed by atoms with Crippen molar-refractivity contribution in [2.45, 2.75) is 13.3 Å². The highest BCUT2D eigenvalue weighted by atomic mass is 79.9. The molecule has 0 saturated carbocycles. The van der Waals surface area contributed by atoms with Gasteiger partial charge in [-0.1, -0.05) is 39.7 Å². The highest BCUT2D eigenvalue weighted by Gasteiger charge is 2.26. The maximum atomic E-state index is 12.4. The largest absolute Gasteiger partial charge is 0.462 e. The van der Waals surface area contributed by atoms with E-state index in [2.05, 4.69) is 21.2 Å². The number of halogens is 2. The minimum absolute atomic E-state index is 0.192. The number of rotatable bonds is 5. The molecule has 0 aliphatic heterocycles. The van der Waals surface area contributed by atoms with Crippen LogP contribution < -0.4 is 5.32 Å². The number of amides is 1. The molecule has 0 aliphatic rings. The van der Waals surface area contributed by atoms with E-state index in [4.69, 9.17) is 21.6 Å². The molecule has 1 aromatic carbocycles. The Bertz CT molecular complexity index is 812. The van der Waals surface area contributed by atoms with Crippen molar-refractivity contribution in [1.29, 1.82) is 5.26 Å². The van der Waals surface area contributed by atoms with Crippen LogP contribution >= 0.6 is 38.9 Å². The van der Waals surface area contributed by atoms with Gasteiger partial charge in [-0.15, -0.1) is 11.3 Å². The number of anilines is 1. The van der Waals surface area contributed by atoms with Crippen LogP contribution in [0.4, 0.5) is 5.00 Å². The molecule has 0 spiro atoms. The Morgan fingerprint density at radius 3 is 2.62 bits per heavy atom. The summed E-state index contributed by atoms with van der Waals surface area (Å²) in [5.41, 5.74) is 1.42. The second-order valence-corrected chi connectivity index (χ2v) is 7.10. The van der Waals surface area contributed by atoms with Crippen molar-refractivity contribution >= 4 is 55.7 Å². The maximum Gasteiger partial charge on any atom is 0.341 e. The van der Waals surface area contributed by atoms with Crippen molar-refractivity contribution in [3.63, 3.8) is 0 Å². The topological polar surface area (TPSA) is 79.2 Å². The van der Waals surface area contributed by atoms with Gasteiger partial charge in [-0.3, -0.25) is 4.79 Å². The first-order valence-corrected chi connectivity index (χ1v) is 8.88. The monoisotopic (exact) mass is 426 g/mol. The molecular formula is C16H12BrClN2O3S. The predicted molar refractivity (Wildman–Crippen MR) is 97.3 cm³/mol. The summed E-state index contributed by atoms with van der Waals surface area (Å²) >= 11 is 10.7. The number of thiophene rings is 1. The Morgan fingerprint density at radius 1 is 1.38 bits per heavy atom. The molecule has 0 bridgehead atoms. The zero-order chi connectivity index (χ0) is 17.7. The molecule has 0 aliphatic carbocycles. The number of carbonyl (C=O) groups is 2. The predicted octanol–water partition coefficient (Wildman–Crippen LogP) is 4.86. The first kappa shape index (κ1) is 18.5. The SMILES string of the molecule is CCOC(=O)c1c(NC(=O)CC#N)sc(Cl)c1-c1ccc(Br)cc1. The number of nitriles is 1. The number of hydrogen-bond donors (Lipinski definition) is 1. The van der Waals surface area contributed by atoms with Crippen LogP contribution in [0.2, 0.25) is 4.34 Å².